The van der Waals surface area contributed by atoms with Gasteiger partial charge in [0, 0.05) is 29.8 Å². The minimum atomic E-state index is -1.58. The minimum Gasteiger partial charge on any atom is -0.543 e. The Morgan fingerprint density at radius 3 is 2.65 bits per heavy atom. The van der Waals surface area contributed by atoms with Gasteiger partial charge in [0.15, 0.2) is 10.8 Å². The van der Waals surface area contributed by atoms with E-state index in [9.17, 15) is 29.5 Å². The average Bonchev–Trinajstić information content (AvgIpc) is 3.47. The number of nitrogen functional groups attached to an aromatic ring is 1. The molecule has 0 aliphatic carbocycles. The number of aromatic nitrogens is 1. The number of anilines is 1. The summed E-state index contributed by atoms with van der Waals surface area (Å²) in [7, 11) is 0. The number of carboxylic acids is 1. The molecule has 0 bridgehead atoms. The van der Waals surface area contributed by atoms with Gasteiger partial charge < -0.3 is 35.8 Å². The summed E-state index contributed by atoms with van der Waals surface area (Å²) in [6.45, 7) is 0.882. The summed E-state index contributed by atoms with van der Waals surface area (Å²) in [5.41, 5.74) is 5.00. The van der Waals surface area contributed by atoms with Crippen molar-refractivity contribution in [2.24, 2.45) is 5.16 Å². The van der Waals surface area contributed by atoms with Gasteiger partial charge in [-0.2, -0.15) is 0 Å². The molecule has 176 valence electrons. The van der Waals surface area contributed by atoms with Gasteiger partial charge in [0.25, 0.3) is 11.8 Å². The molecule has 3 aliphatic heterocycles. The fourth-order valence-electron chi connectivity index (χ4n) is 3.74. The first-order valence-corrected chi connectivity index (χ1v) is 11.8. The van der Waals surface area contributed by atoms with Crippen molar-refractivity contribution >= 4 is 57.8 Å². The average molecular weight is 519 g/mol. The zero-order valence-corrected chi connectivity index (χ0v) is 21.7. The number of nitrogens with two attached hydrogens (primary N) is 1. The summed E-state index contributed by atoms with van der Waals surface area (Å²) in [5, 5.41) is 27.2. The molecule has 4 N–H and O–H groups in total. The Morgan fingerprint density at radius 2 is 2.06 bits per heavy atom. The molecule has 0 radical (unpaired) electrons. The first-order valence-electron chi connectivity index (χ1n) is 9.86. The molecule has 0 aromatic carbocycles. The summed E-state index contributed by atoms with van der Waals surface area (Å²) < 4.78 is 5.23. The molecule has 2 fully saturated rings. The van der Waals surface area contributed by atoms with Crippen LogP contribution in [-0.2, 0) is 19.1 Å². The molecule has 34 heavy (non-hydrogen) atoms. The van der Waals surface area contributed by atoms with Crippen LogP contribution in [0.3, 0.4) is 0 Å². The maximum atomic E-state index is 12.7. The first kappa shape index (κ1) is 26.3. The van der Waals surface area contributed by atoms with Crippen molar-refractivity contribution in [3.63, 3.8) is 0 Å². The van der Waals surface area contributed by atoms with Gasteiger partial charge in [-0.25, -0.2) is 9.78 Å². The van der Waals surface area contributed by atoms with Crippen LogP contribution in [0.15, 0.2) is 21.8 Å². The number of likely N-dealkylation sites (tertiary alicyclic amines) is 1. The zero-order valence-electron chi connectivity index (χ0n) is 18.1. The second-order valence-corrected chi connectivity index (χ2v) is 9.36. The summed E-state index contributed by atoms with van der Waals surface area (Å²) >= 11 is 2.24. The topological polar surface area (TPSA) is 191 Å². The summed E-state index contributed by atoms with van der Waals surface area (Å²) in [6.07, 6.45) is 1.23. The number of rotatable bonds is 6. The Bertz CT molecular complexity index is 1070. The van der Waals surface area contributed by atoms with Gasteiger partial charge in [-0.05, 0) is 12.8 Å². The molecule has 1 aromatic heterocycles. The molecule has 2 atom stereocenters. The van der Waals surface area contributed by atoms with Crippen molar-refractivity contribution in [1.29, 1.82) is 0 Å². The van der Waals surface area contributed by atoms with Gasteiger partial charge in [0.05, 0.1) is 11.7 Å². The van der Waals surface area contributed by atoms with Crippen molar-refractivity contribution < 1.29 is 63.8 Å². The van der Waals surface area contributed by atoms with Gasteiger partial charge in [-0.3, -0.25) is 14.5 Å². The number of hydrogen-bond donors (Lipinski definition) is 3. The Kier molecular flexibility index (Phi) is 8.46. The maximum absolute atomic E-state index is 12.7. The summed E-state index contributed by atoms with van der Waals surface area (Å²) in [4.78, 5) is 55.6. The normalized spacial score (nSPS) is 22.0. The quantitative estimate of drug-likeness (QED) is 0.109. The molecule has 3 amide bonds. The number of carbonyl (C=O) groups is 4. The molecular weight excluding hydrogens is 499 g/mol. The third kappa shape index (κ3) is 5.02. The van der Waals surface area contributed by atoms with Crippen molar-refractivity contribution in [3.05, 3.63) is 22.3 Å². The molecular formula is C18H19N6NaO7S2. The number of carboxylic acid groups (broad SMARTS) is 1. The van der Waals surface area contributed by atoms with Gasteiger partial charge in [-0.15, -0.1) is 23.1 Å². The van der Waals surface area contributed by atoms with E-state index < -0.39 is 41.0 Å². The van der Waals surface area contributed by atoms with Crippen LogP contribution in [0.5, 0.6) is 0 Å². The standard InChI is InChI=1S/C18H20N6O7S2.Na/c19-17-20-9(7-33-17)10(22-30)13(25)21-11-14(26)24-12(16(27)28)8(6-32-15(11)24)5-31-18(29)23-3-1-2-4-23;/h7,11,15,30H,1-6H2,(H2,19,20)(H,21,25)(H,27,28);/q;+1/p-1/b22-10-;/t11?,15-;/m0./s1. The predicted octanol–water partition coefficient (Wildman–Crippen LogP) is -4.46. The Labute approximate surface area is 223 Å². The van der Waals surface area contributed by atoms with Crippen LogP contribution in [0.2, 0.25) is 0 Å². The third-order valence-electron chi connectivity index (χ3n) is 5.34. The van der Waals surface area contributed by atoms with E-state index in [1.807, 2.05) is 0 Å². The van der Waals surface area contributed by atoms with Gasteiger partial charge >= 0.3 is 35.7 Å². The number of β-lactam (4-membered cyclic amide) rings is 1. The number of nitrogens with one attached hydrogen (secondary N) is 1. The first-order chi connectivity index (χ1) is 15.8. The van der Waals surface area contributed by atoms with Crippen molar-refractivity contribution in [2.75, 3.05) is 31.2 Å². The van der Waals surface area contributed by atoms with Crippen LogP contribution in [0.1, 0.15) is 18.5 Å². The van der Waals surface area contributed by atoms with Gasteiger partial charge in [0.2, 0.25) is 0 Å². The van der Waals surface area contributed by atoms with E-state index in [1.54, 1.807) is 0 Å². The Morgan fingerprint density at radius 1 is 1.35 bits per heavy atom. The smallest absolute Gasteiger partial charge is 0.543 e. The van der Waals surface area contributed by atoms with E-state index in [0.717, 1.165) is 29.1 Å². The molecule has 16 heteroatoms. The number of ether oxygens (including phenoxy) is 1. The predicted molar refractivity (Wildman–Crippen MR) is 114 cm³/mol. The fourth-order valence-corrected chi connectivity index (χ4v) is 5.62. The fraction of sp³-hybridized carbons (Fsp3) is 0.444. The number of nitrogens with zero attached hydrogens (tertiary/aromatic N) is 4. The monoisotopic (exact) mass is 518 g/mol. The van der Waals surface area contributed by atoms with Crippen molar-refractivity contribution in [2.45, 2.75) is 24.3 Å². The second kappa shape index (κ2) is 10.9. The van der Waals surface area contributed by atoms with Crippen LogP contribution in [0, 0.1) is 0 Å². The second-order valence-electron chi connectivity index (χ2n) is 7.37. The van der Waals surface area contributed by atoms with Gasteiger partial charge in [0.1, 0.15) is 23.7 Å². The van der Waals surface area contributed by atoms with E-state index in [0.29, 0.717) is 13.1 Å². The molecule has 0 spiro atoms. The Hall–Kier alpha value is -2.33. The number of oxime groups is 1. The van der Waals surface area contributed by atoms with E-state index in [-0.39, 0.29) is 64.0 Å². The van der Waals surface area contributed by atoms with E-state index in [4.69, 9.17) is 10.5 Å². The molecule has 13 nitrogen and oxygen atoms in total. The van der Waals surface area contributed by atoms with Crippen LogP contribution in [0.25, 0.3) is 0 Å². The van der Waals surface area contributed by atoms with E-state index in [1.165, 1.54) is 22.0 Å². The largest absolute Gasteiger partial charge is 1.00 e. The number of thiazole rings is 1. The third-order valence-corrected chi connectivity index (χ3v) is 7.35. The van der Waals surface area contributed by atoms with Crippen molar-refractivity contribution in [1.82, 2.24) is 20.1 Å². The maximum Gasteiger partial charge on any atom is 1.00 e. The van der Waals surface area contributed by atoms with Crippen molar-refractivity contribution in [3.8, 4) is 0 Å². The number of fused-ring (bicyclic) bond motifs is 1. The summed E-state index contributed by atoms with van der Waals surface area (Å²) in [6, 6.07) is -1.06. The molecule has 2 saturated heterocycles. The molecule has 1 unspecified atom stereocenters. The number of aliphatic carboxylic acids is 1. The number of amides is 3. The molecule has 3 aliphatic rings. The molecule has 0 saturated carbocycles. The van der Waals surface area contributed by atoms with Crippen LogP contribution in [0.4, 0.5) is 9.93 Å². The van der Waals surface area contributed by atoms with Crippen LogP contribution < -0.4 is 45.7 Å². The molecule has 1 aromatic rings. The SMILES string of the molecule is Nc1nc(/C(=N/O)C(=O)NC2C(=O)N3C(C(=O)[O-])=C(COC(=O)N4CCCC4)CS[C@@H]23)cs1.[Na+]. The van der Waals surface area contributed by atoms with Crippen LogP contribution >= 0.6 is 23.1 Å². The molecule has 4 rings (SSSR count). The zero-order chi connectivity index (χ0) is 23.7. The number of carbonyl (C=O) groups excluding carboxylic acids is 4. The number of thioether (sulfide) groups is 1. The van der Waals surface area contributed by atoms with E-state index >= 15 is 0 Å². The summed E-state index contributed by atoms with van der Waals surface area (Å²) in [5.74, 6) is -2.98. The molecule has 4 heterocycles. The number of hydrogen-bond acceptors (Lipinski definition) is 12. The van der Waals surface area contributed by atoms with E-state index in [2.05, 4.69) is 15.5 Å². The Balaban J connectivity index is 0.00000324. The minimum absolute atomic E-state index is 0. The van der Waals surface area contributed by atoms with Crippen LogP contribution in [-0.4, -0.2) is 86.4 Å². The van der Waals surface area contributed by atoms with Gasteiger partial charge in [-0.1, -0.05) is 5.16 Å².